The third kappa shape index (κ3) is 1.69. The van der Waals surface area contributed by atoms with Crippen LogP contribution in [0.25, 0.3) is 0 Å². The molecule has 0 radical (unpaired) electrons. The molecule has 0 bridgehead atoms. The summed E-state index contributed by atoms with van der Waals surface area (Å²) in [6.07, 6.45) is 1.05. The topological polar surface area (TPSA) is 92.8 Å². The highest BCUT2D eigenvalue weighted by molar-refractivity contribution is 7.94. The molecule has 0 aromatic carbocycles. The molecule has 72 valence electrons. The maximum Gasteiger partial charge on any atom is 0.298 e. The monoisotopic (exact) mass is 203 g/mol. The highest BCUT2D eigenvalue weighted by Crippen LogP contribution is 2.12. The third-order valence-electron chi connectivity index (χ3n) is 1.42. The number of carbonyl (C=O) groups is 1. The van der Waals surface area contributed by atoms with Crippen molar-refractivity contribution in [2.75, 3.05) is 14.1 Å². The fourth-order valence-corrected chi connectivity index (χ4v) is 1.50. The van der Waals surface area contributed by atoms with Gasteiger partial charge in [-0.05, 0) is 0 Å². The lowest BCUT2D eigenvalue weighted by Crippen LogP contribution is -2.28. The molecule has 1 heterocycles. The summed E-state index contributed by atoms with van der Waals surface area (Å²) in [6.45, 7) is 0. The lowest BCUT2D eigenvalue weighted by Gasteiger charge is -2.06. The highest BCUT2D eigenvalue weighted by atomic mass is 32.2. The molecule has 0 unspecified atom stereocenters. The van der Waals surface area contributed by atoms with Crippen molar-refractivity contribution in [1.82, 2.24) is 4.90 Å². The van der Waals surface area contributed by atoms with Gasteiger partial charge in [0.2, 0.25) is 0 Å². The molecule has 13 heavy (non-hydrogen) atoms. The molecule has 0 saturated heterocycles. The molecule has 0 aliphatic carbocycles. The summed E-state index contributed by atoms with van der Waals surface area (Å²) >= 11 is 0. The van der Waals surface area contributed by atoms with Gasteiger partial charge in [-0.15, -0.1) is 0 Å². The van der Waals surface area contributed by atoms with Crippen molar-refractivity contribution < 1.29 is 13.2 Å². The molecule has 1 aliphatic heterocycles. The zero-order valence-corrected chi connectivity index (χ0v) is 8.00. The zero-order chi connectivity index (χ0) is 10.2. The summed E-state index contributed by atoms with van der Waals surface area (Å²) in [5.74, 6) is -0.482. The standard InChI is InChI=1S/C6H9N3O3S/c1-9(2)6(10)4-3-5(7)13(11,12)8-4/h3H,7H2,1-2H3. The van der Waals surface area contributed by atoms with Gasteiger partial charge in [-0.1, -0.05) is 0 Å². The van der Waals surface area contributed by atoms with Crippen LogP contribution in [0.1, 0.15) is 0 Å². The molecule has 6 nitrogen and oxygen atoms in total. The normalized spacial score (nSPS) is 19.2. The molecule has 1 amide bonds. The molecule has 1 rings (SSSR count). The van der Waals surface area contributed by atoms with Gasteiger partial charge in [0.15, 0.2) is 5.03 Å². The zero-order valence-electron chi connectivity index (χ0n) is 7.18. The van der Waals surface area contributed by atoms with E-state index in [2.05, 4.69) is 4.40 Å². The van der Waals surface area contributed by atoms with E-state index in [4.69, 9.17) is 5.73 Å². The predicted octanol–water partition coefficient (Wildman–Crippen LogP) is -1.34. The van der Waals surface area contributed by atoms with Crippen molar-refractivity contribution in [3.63, 3.8) is 0 Å². The molecule has 0 atom stereocenters. The van der Waals surface area contributed by atoms with Crippen LogP contribution < -0.4 is 5.73 Å². The second-order valence-corrected chi connectivity index (χ2v) is 4.30. The molecule has 0 fully saturated rings. The second-order valence-electron chi connectivity index (χ2n) is 2.70. The number of nitrogens with two attached hydrogens (primary N) is 1. The number of nitrogens with zero attached hydrogens (tertiary/aromatic N) is 2. The van der Waals surface area contributed by atoms with Gasteiger partial charge in [-0.3, -0.25) is 4.79 Å². The largest absolute Gasteiger partial charge is 0.388 e. The molecular weight excluding hydrogens is 194 g/mol. The number of hydrogen-bond donors (Lipinski definition) is 1. The lowest BCUT2D eigenvalue weighted by atomic mass is 10.3. The van der Waals surface area contributed by atoms with Crippen molar-refractivity contribution in [2.45, 2.75) is 0 Å². The summed E-state index contributed by atoms with van der Waals surface area (Å²) in [7, 11) is -0.774. The summed E-state index contributed by atoms with van der Waals surface area (Å²) in [5.41, 5.74) is 4.98. The highest BCUT2D eigenvalue weighted by Gasteiger charge is 2.26. The van der Waals surface area contributed by atoms with Crippen LogP contribution in [0.3, 0.4) is 0 Å². The van der Waals surface area contributed by atoms with Crippen LogP contribution in [0.2, 0.25) is 0 Å². The molecule has 0 saturated carbocycles. The van der Waals surface area contributed by atoms with Crippen LogP contribution in [-0.4, -0.2) is 39.0 Å². The Kier molecular flexibility index (Phi) is 2.12. The molecule has 7 heteroatoms. The Labute approximate surface area is 75.8 Å². The van der Waals surface area contributed by atoms with Gasteiger partial charge in [0.05, 0.1) is 0 Å². The average Bonchev–Trinajstić information content (AvgIpc) is 2.25. The van der Waals surface area contributed by atoms with Crippen LogP contribution in [0, 0.1) is 0 Å². The Morgan fingerprint density at radius 2 is 2.08 bits per heavy atom. The Morgan fingerprint density at radius 3 is 2.38 bits per heavy atom. The summed E-state index contributed by atoms with van der Waals surface area (Å²) < 4.78 is 25.1. The fourth-order valence-electron chi connectivity index (χ4n) is 0.748. The Bertz CT molecular complexity index is 405. The Balaban J connectivity index is 3.09. The molecule has 0 aromatic heterocycles. The smallest absolute Gasteiger partial charge is 0.298 e. The van der Waals surface area contributed by atoms with Crippen LogP contribution in [0.5, 0.6) is 0 Å². The van der Waals surface area contributed by atoms with Crippen molar-refractivity contribution in [1.29, 1.82) is 0 Å². The van der Waals surface area contributed by atoms with Crippen LogP contribution in [0.4, 0.5) is 0 Å². The maximum atomic E-state index is 11.2. The third-order valence-corrected chi connectivity index (χ3v) is 2.57. The van der Waals surface area contributed by atoms with Gasteiger partial charge in [-0.25, -0.2) is 0 Å². The van der Waals surface area contributed by atoms with E-state index in [1.165, 1.54) is 19.0 Å². The quantitative estimate of drug-likeness (QED) is 0.570. The van der Waals surface area contributed by atoms with Gasteiger partial charge in [0.25, 0.3) is 15.9 Å². The summed E-state index contributed by atoms with van der Waals surface area (Å²) in [4.78, 5) is 12.4. The minimum atomic E-state index is -3.77. The van der Waals surface area contributed by atoms with Crippen LogP contribution in [0.15, 0.2) is 15.5 Å². The predicted molar refractivity (Wildman–Crippen MR) is 47.3 cm³/mol. The molecule has 0 aromatic rings. The summed E-state index contributed by atoms with van der Waals surface area (Å²) in [5, 5.41) is -0.391. The van der Waals surface area contributed by atoms with Gasteiger partial charge >= 0.3 is 0 Å². The summed E-state index contributed by atoms with van der Waals surface area (Å²) in [6, 6.07) is 0. The van der Waals surface area contributed by atoms with Gasteiger partial charge in [0, 0.05) is 20.2 Å². The number of hydrogen-bond acceptors (Lipinski definition) is 4. The Hall–Kier alpha value is -1.37. The number of rotatable bonds is 1. The number of sulfonamides is 1. The van der Waals surface area contributed by atoms with Crippen molar-refractivity contribution in [3.8, 4) is 0 Å². The van der Waals surface area contributed by atoms with E-state index in [1.54, 1.807) is 0 Å². The van der Waals surface area contributed by atoms with E-state index in [0.29, 0.717) is 0 Å². The van der Waals surface area contributed by atoms with E-state index in [9.17, 15) is 13.2 Å². The van der Waals surface area contributed by atoms with E-state index in [1.807, 2.05) is 0 Å². The van der Waals surface area contributed by atoms with E-state index in [0.717, 1.165) is 6.08 Å². The van der Waals surface area contributed by atoms with Crippen LogP contribution in [-0.2, 0) is 14.8 Å². The first-order valence-corrected chi connectivity index (χ1v) is 4.82. The SMILES string of the molecule is CN(C)C(=O)C1=NS(=O)(=O)C(N)=C1. The first-order valence-electron chi connectivity index (χ1n) is 3.38. The minimum absolute atomic E-state index is 0.150. The lowest BCUT2D eigenvalue weighted by molar-refractivity contribution is -0.121. The van der Waals surface area contributed by atoms with Gasteiger partial charge in [-0.2, -0.15) is 12.8 Å². The maximum absolute atomic E-state index is 11.2. The molecule has 0 spiro atoms. The van der Waals surface area contributed by atoms with Crippen LogP contribution >= 0.6 is 0 Å². The van der Waals surface area contributed by atoms with E-state index < -0.39 is 21.0 Å². The average molecular weight is 203 g/mol. The fraction of sp³-hybridized carbons (Fsp3) is 0.333. The van der Waals surface area contributed by atoms with Crippen molar-refractivity contribution >= 4 is 21.6 Å². The van der Waals surface area contributed by atoms with Crippen molar-refractivity contribution in [3.05, 3.63) is 11.1 Å². The molecule has 1 aliphatic rings. The Morgan fingerprint density at radius 1 is 1.54 bits per heavy atom. The second kappa shape index (κ2) is 2.84. The van der Waals surface area contributed by atoms with E-state index >= 15 is 0 Å². The number of amides is 1. The minimum Gasteiger partial charge on any atom is -0.388 e. The first-order chi connectivity index (χ1) is 5.84. The van der Waals surface area contributed by atoms with E-state index in [-0.39, 0.29) is 5.71 Å². The van der Waals surface area contributed by atoms with Gasteiger partial charge in [0.1, 0.15) is 5.71 Å². The number of carbonyl (C=O) groups excluding carboxylic acids is 1. The van der Waals surface area contributed by atoms with Gasteiger partial charge < -0.3 is 10.6 Å². The van der Waals surface area contributed by atoms with Crippen molar-refractivity contribution in [2.24, 2.45) is 10.1 Å². The molecular formula is C6H9N3O3S. The first kappa shape index (κ1) is 9.72. The molecule has 2 N–H and O–H groups in total.